The predicted molar refractivity (Wildman–Crippen MR) is 86.0 cm³/mol. The first-order valence-electron chi connectivity index (χ1n) is 8.13. The number of amides is 1. The largest absolute Gasteiger partial charge is 0.493 e. The van der Waals surface area contributed by atoms with Crippen molar-refractivity contribution in [3.63, 3.8) is 0 Å². The van der Waals surface area contributed by atoms with Crippen molar-refractivity contribution in [1.82, 2.24) is 15.1 Å². The van der Waals surface area contributed by atoms with E-state index in [1.807, 2.05) is 0 Å². The Hall–Kier alpha value is -2.21. The summed E-state index contributed by atoms with van der Waals surface area (Å²) in [6.07, 6.45) is 5.89. The van der Waals surface area contributed by atoms with Crippen molar-refractivity contribution in [3.8, 4) is 5.88 Å². The lowest BCUT2D eigenvalue weighted by Crippen LogP contribution is -2.27. The molecule has 0 radical (unpaired) electrons. The number of rotatable bonds is 9. The molecule has 1 saturated carbocycles. The van der Waals surface area contributed by atoms with Gasteiger partial charge in [0.05, 0.1) is 12.7 Å². The van der Waals surface area contributed by atoms with Crippen LogP contribution >= 0.6 is 0 Å². The Balaban J connectivity index is 1.84. The lowest BCUT2D eigenvalue weighted by molar-refractivity contribution is 0.0945. The summed E-state index contributed by atoms with van der Waals surface area (Å²) in [5.74, 6) is 0.742. The van der Waals surface area contributed by atoms with Crippen LogP contribution in [0.2, 0.25) is 0 Å². The van der Waals surface area contributed by atoms with Gasteiger partial charge in [-0.1, -0.05) is 31.8 Å². The molecular weight excluding hydrogens is 296 g/mol. The van der Waals surface area contributed by atoms with Crippen molar-refractivity contribution < 1.29 is 9.90 Å². The average molecular weight is 320 g/mol. The van der Waals surface area contributed by atoms with Crippen LogP contribution in [0.5, 0.6) is 5.88 Å². The minimum Gasteiger partial charge on any atom is -0.493 e. The highest BCUT2D eigenvalue weighted by Crippen LogP contribution is 2.37. The molecule has 1 aliphatic rings. The van der Waals surface area contributed by atoms with Gasteiger partial charge in [0.2, 0.25) is 5.88 Å². The van der Waals surface area contributed by atoms with Crippen LogP contribution in [0.3, 0.4) is 0 Å². The molecule has 1 aromatic heterocycles. The molecule has 0 bridgehead atoms. The molecule has 3 atom stereocenters. The molecule has 0 aromatic carbocycles. The van der Waals surface area contributed by atoms with Crippen molar-refractivity contribution in [2.45, 2.75) is 52.1 Å². The smallest absolute Gasteiger partial charge is 0.258 e. The SMILES string of the molecule is CCCC(C)CC1CC1NC(=O)c1cnn(CCN=[N+]=[N-])c1O. The molecule has 0 aliphatic heterocycles. The number of nitrogens with zero attached hydrogens (tertiary/aromatic N) is 5. The molecule has 23 heavy (non-hydrogen) atoms. The summed E-state index contributed by atoms with van der Waals surface area (Å²) in [4.78, 5) is 14.8. The summed E-state index contributed by atoms with van der Waals surface area (Å²) in [5, 5.41) is 20.3. The molecule has 0 saturated heterocycles. The van der Waals surface area contributed by atoms with Crippen molar-refractivity contribution in [2.75, 3.05) is 6.54 Å². The fourth-order valence-corrected chi connectivity index (χ4v) is 2.95. The number of hydrogen-bond donors (Lipinski definition) is 2. The highest BCUT2D eigenvalue weighted by Gasteiger charge is 2.39. The van der Waals surface area contributed by atoms with Gasteiger partial charge in [0.1, 0.15) is 5.56 Å². The Morgan fingerprint density at radius 2 is 2.48 bits per heavy atom. The van der Waals surface area contributed by atoms with Crippen LogP contribution in [0.1, 0.15) is 49.9 Å². The zero-order chi connectivity index (χ0) is 16.8. The monoisotopic (exact) mass is 320 g/mol. The van der Waals surface area contributed by atoms with E-state index in [-0.39, 0.29) is 36.5 Å². The van der Waals surface area contributed by atoms with E-state index in [4.69, 9.17) is 5.53 Å². The molecule has 1 fully saturated rings. The van der Waals surface area contributed by atoms with E-state index in [1.165, 1.54) is 23.7 Å². The van der Waals surface area contributed by atoms with Gasteiger partial charge in [-0.2, -0.15) is 5.10 Å². The number of aromatic hydroxyl groups is 1. The van der Waals surface area contributed by atoms with Gasteiger partial charge in [0.15, 0.2) is 0 Å². The number of carbonyl (C=O) groups is 1. The third kappa shape index (κ3) is 4.63. The Morgan fingerprint density at radius 1 is 1.70 bits per heavy atom. The van der Waals surface area contributed by atoms with E-state index in [2.05, 4.69) is 34.3 Å². The van der Waals surface area contributed by atoms with Gasteiger partial charge in [-0.05, 0) is 30.2 Å². The van der Waals surface area contributed by atoms with Crippen LogP contribution < -0.4 is 5.32 Å². The third-order valence-electron chi connectivity index (χ3n) is 4.26. The van der Waals surface area contributed by atoms with Gasteiger partial charge >= 0.3 is 0 Å². The Bertz CT molecular complexity index is 593. The third-order valence-corrected chi connectivity index (χ3v) is 4.26. The topological polar surface area (TPSA) is 116 Å². The molecule has 1 heterocycles. The van der Waals surface area contributed by atoms with Gasteiger partial charge in [0.25, 0.3) is 5.91 Å². The van der Waals surface area contributed by atoms with Crippen LogP contribution in [0.25, 0.3) is 10.4 Å². The molecule has 8 nitrogen and oxygen atoms in total. The van der Waals surface area contributed by atoms with Crippen LogP contribution in [0.4, 0.5) is 0 Å². The summed E-state index contributed by atoms with van der Waals surface area (Å²) < 4.78 is 1.26. The van der Waals surface area contributed by atoms with Gasteiger partial charge < -0.3 is 10.4 Å². The van der Waals surface area contributed by atoms with Gasteiger partial charge in [0, 0.05) is 17.5 Å². The summed E-state index contributed by atoms with van der Waals surface area (Å²) in [6, 6.07) is 0.202. The van der Waals surface area contributed by atoms with Crippen molar-refractivity contribution in [3.05, 3.63) is 22.2 Å². The van der Waals surface area contributed by atoms with Crippen molar-refractivity contribution in [2.24, 2.45) is 17.0 Å². The lowest BCUT2D eigenvalue weighted by atomic mass is 9.99. The van der Waals surface area contributed by atoms with E-state index in [9.17, 15) is 9.90 Å². The number of hydrogen-bond acceptors (Lipinski definition) is 4. The highest BCUT2D eigenvalue weighted by molar-refractivity contribution is 5.96. The molecule has 3 unspecified atom stereocenters. The Kier molecular flexibility index (Phi) is 5.87. The van der Waals surface area contributed by atoms with Crippen LogP contribution in [0, 0.1) is 11.8 Å². The fourth-order valence-electron chi connectivity index (χ4n) is 2.95. The molecule has 2 N–H and O–H groups in total. The quantitative estimate of drug-likeness (QED) is 0.414. The Morgan fingerprint density at radius 3 is 3.17 bits per heavy atom. The second-order valence-corrected chi connectivity index (χ2v) is 6.26. The maximum Gasteiger partial charge on any atom is 0.258 e. The fraction of sp³-hybridized carbons (Fsp3) is 0.733. The van der Waals surface area contributed by atoms with Crippen LogP contribution in [-0.4, -0.2) is 33.4 Å². The van der Waals surface area contributed by atoms with Crippen LogP contribution in [0.15, 0.2) is 11.3 Å². The molecule has 0 spiro atoms. The van der Waals surface area contributed by atoms with Gasteiger partial charge in [-0.3, -0.25) is 4.79 Å². The summed E-state index contributed by atoms with van der Waals surface area (Å²) in [5.41, 5.74) is 8.40. The Labute approximate surface area is 135 Å². The number of nitrogens with one attached hydrogen (secondary N) is 1. The maximum absolute atomic E-state index is 12.2. The van der Waals surface area contributed by atoms with Gasteiger partial charge in [-0.15, -0.1) is 0 Å². The van der Waals surface area contributed by atoms with Crippen molar-refractivity contribution >= 4 is 5.91 Å². The molecule has 1 aromatic rings. The lowest BCUT2D eigenvalue weighted by Gasteiger charge is -2.09. The second kappa shape index (κ2) is 7.87. The second-order valence-electron chi connectivity index (χ2n) is 6.26. The maximum atomic E-state index is 12.2. The minimum absolute atomic E-state index is 0.165. The highest BCUT2D eigenvalue weighted by atomic mass is 16.3. The normalized spacial score (nSPS) is 20.6. The molecule has 8 heteroatoms. The molecule has 1 aliphatic carbocycles. The summed E-state index contributed by atoms with van der Waals surface area (Å²) in [7, 11) is 0. The van der Waals surface area contributed by atoms with E-state index >= 15 is 0 Å². The van der Waals surface area contributed by atoms with Crippen molar-refractivity contribution in [1.29, 1.82) is 0 Å². The summed E-state index contributed by atoms with van der Waals surface area (Å²) >= 11 is 0. The van der Waals surface area contributed by atoms with E-state index in [0.29, 0.717) is 11.8 Å². The zero-order valence-corrected chi connectivity index (χ0v) is 13.6. The zero-order valence-electron chi connectivity index (χ0n) is 13.6. The average Bonchev–Trinajstić information content (AvgIpc) is 3.11. The van der Waals surface area contributed by atoms with E-state index < -0.39 is 0 Å². The number of azide groups is 1. The minimum atomic E-state index is -0.298. The number of aromatic nitrogens is 2. The molecular formula is C15H24N6O2. The predicted octanol–water partition coefficient (Wildman–Crippen LogP) is 2.84. The standard InChI is InChI=1S/C15H24N6O2/c1-3-4-10(2)7-11-8-13(11)19-14(22)12-9-18-21(15(12)23)6-5-17-20-16/h9-11,13,23H,3-8H2,1-2H3,(H,19,22). The van der Waals surface area contributed by atoms with E-state index in [1.54, 1.807) is 0 Å². The number of carbonyl (C=O) groups excluding carboxylic acids is 1. The summed E-state index contributed by atoms with van der Waals surface area (Å²) in [6.45, 7) is 4.85. The first-order valence-corrected chi connectivity index (χ1v) is 8.13. The molecule has 126 valence electrons. The molecule has 1 amide bonds. The first kappa shape index (κ1) is 17.1. The molecule has 2 rings (SSSR count). The van der Waals surface area contributed by atoms with Crippen LogP contribution in [-0.2, 0) is 6.54 Å². The van der Waals surface area contributed by atoms with Gasteiger partial charge in [-0.25, -0.2) is 4.68 Å². The first-order chi connectivity index (χ1) is 11.1. The van der Waals surface area contributed by atoms with E-state index in [0.717, 1.165) is 12.8 Å².